The average Bonchev–Trinajstić information content (AvgIpc) is 3.13. The van der Waals surface area contributed by atoms with Crippen LogP contribution in [0.15, 0.2) is 53.2 Å². The SMILES string of the molecule is O=C(C=Cc1ccco1)NCC1(c2ccc(F)cc2)CCOCC1. The lowest BCUT2D eigenvalue weighted by Gasteiger charge is -2.37. The topological polar surface area (TPSA) is 51.5 Å². The van der Waals surface area contributed by atoms with Gasteiger partial charge in [-0.15, -0.1) is 0 Å². The van der Waals surface area contributed by atoms with Crippen LogP contribution in [0.5, 0.6) is 0 Å². The molecule has 1 aliphatic rings. The molecule has 0 spiro atoms. The van der Waals surface area contributed by atoms with Crippen molar-refractivity contribution in [2.75, 3.05) is 19.8 Å². The van der Waals surface area contributed by atoms with Crippen molar-refractivity contribution in [2.24, 2.45) is 0 Å². The molecule has 0 atom stereocenters. The van der Waals surface area contributed by atoms with E-state index in [2.05, 4.69) is 5.32 Å². The van der Waals surface area contributed by atoms with E-state index < -0.39 is 0 Å². The summed E-state index contributed by atoms with van der Waals surface area (Å²) in [6, 6.07) is 10.1. The zero-order chi connectivity index (χ0) is 16.8. The fourth-order valence-electron chi connectivity index (χ4n) is 2.99. The smallest absolute Gasteiger partial charge is 0.244 e. The summed E-state index contributed by atoms with van der Waals surface area (Å²) >= 11 is 0. The van der Waals surface area contributed by atoms with Gasteiger partial charge in [-0.1, -0.05) is 12.1 Å². The molecule has 1 fully saturated rings. The molecule has 4 nitrogen and oxygen atoms in total. The third-order valence-electron chi connectivity index (χ3n) is 4.45. The number of rotatable bonds is 5. The molecule has 2 heterocycles. The quantitative estimate of drug-likeness (QED) is 0.857. The molecule has 0 radical (unpaired) electrons. The number of benzene rings is 1. The highest BCUT2D eigenvalue weighted by Gasteiger charge is 2.34. The minimum Gasteiger partial charge on any atom is -0.465 e. The molecular formula is C19H20FNO3. The predicted molar refractivity (Wildman–Crippen MR) is 88.9 cm³/mol. The molecule has 1 aliphatic heterocycles. The Morgan fingerprint density at radius 3 is 2.62 bits per heavy atom. The molecule has 0 saturated carbocycles. The Hall–Kier alpha value is -2.40. The van der Waals surface area contributed by atoms with Crippen LogP contribution in [-0.4, -0.2) is 25.7 Å². The highest BCUT2D eigenvalue weighted by Crippen LogP contribution is 2.34. The van der Waals surface area contributed by atoms with Crippen molar-refractivity contribution in [1.29, 1.82) is 0 Å². The number of amides is 1. The van der Waals surface area contributed by atoms with Gasteiger partial charge in [0.25, 0.3) is 0 Å². The molecule has 3 rings (SSSR count). The lowest BCUT2D eigenvalue weighted by atomic mass is 9.74. The Balaban J connectivity index is 1.68. The number of carbonyl (C=O) groups is 1. The molecule has 1 amide bonds. The first-order valence-electron chi connectivity index (χ1n) is 8.01. The molecular weight excluding hydrogens is 309 g/mol. The summed E-state index contributed by atoms with van der Waals surface area (Å²) in [5.74, 6) is 0.190. The largest absolute Gasteiger partial charge is 0.465 e. The van der Waals surface area contributed by atoms with E-state index in [1.807, 2.05) is 0 Å². The number of hydrogen-bond acceptors (Lipinski definition) is 3. The maximum atomic E-state index is 13.2. The first kappa shape index (κ1) is 16.5. The number of hydrogen-bond donors (Lipinski definition) is 1. The highest BCUT2D eigenvalue weighted by molar-refractivity contribution is 5.91. The maximum absolute atomic E-state index is 13.2. The van der Waals surface area contributed by atoms with Crippen molar-refractivity contribution >= 4 is 12.0 Å². The van der Waals surface area contributed by atoms with Crippen LogP contribution >= 0.6 is 0 Å². The second-order valence-electron chi connectivity index (χ2n) is 5.97. The summed E-state index contributed by atoms with van der Waals surface area (Å²) in [6.45, 7) is 1.76. The number of halogens is 1. The van der Waals surface area contributed by atoms with Gasteiger partial charge in [0.1, 0.15) is 11.6 Å². The molecule has 0 unspecified atom stereocenters. The number of nitrogens with one attached hydrogen (secondary N) is 1. The first-order chi connectivity index (χ1) is 11.7. The summed E-state index contributed by atoms with van der Waals surface area (Å²) in [4.78, 5) is 12.1. The molecule has 24 heavy (non-hydrogen) atoms. The van der Waals surface area contributed by atoms with Gasteiger partial charge in [-0.05, 0) is 48.7 Å². The predicted octanol–water partition coefficient (Wildman–Crippen LogP) is 3.30. The zero-order valence-electron chi connectivity index (χ0n) is 13.3. The van der Waals surface area contributed by atoms with Crippen LogP contribution in [0.3, 0.4) is 0 Å². The van der Waals surface area contributed by atoms with E-state index in [1.165, 1.54) is 18.2 Å². The fourth-order valence-corrected chi connectivity index (χ4v) is 2.99. The van der Waals surface area contributed by atoms with Crippen LogP contribution < -0.4 is 5.32 Å². The number of carbonyl (C=O) groups excluding carboxylic acids is 1. The summed E-state index contributed by atoms with van der Waals surface area (Å²) in [5, 5.41) is 2.95. The first-order valence-corrected chi connectivity index (χ1v) is 8.01. The second kappa shape index (κ2) is 7.45. The molecule has 1 N–H and O–H groups in total. The summed E-state index contributed by atoms with van der Waals surface area (Å²) in [5.41, 5.74) is 0.808. The molecule has 0 bridgehead atoms. The van der Waals surface area contributed by atoms with Gasteiger partial charge in [-0.2, -0.15) is 0 Å². The Labute approximate surface area is 140 Å². The van der Waals surface area contributed by atoms with Crippen molar-refractivity contribution in [3.05, 3.63) is 65.9 Å². The average molecular weight is 329 g/mol. The van der Waals surface area contributed by atoms with E-state index in [4.69, 9.17) is 9.15 Å². The van der Waals surface area contributed by atoms with Crippen LogP contribution in [0.2, 0.25) is 0 Å². The summed E-state index contributed by atoms with van der Waals surface area (Å²) in [6.07, 6.45) is 6.23. The van der Waals surface area contributed by atoms with Crippen molar-refractivity contribution < 1.29 is 18.3 Å². The van der Waals surface area contributed by atoms with E-state index in [-0.39, 0.29) is 17.1 Å². The number of ether oxygens (including phenoxy) is 1. The normalized spacial score (nSPS) is 17.0. The molecule has 1 aromatic heterocycles. The van der Waals surface area contributed by atoms with Gasteiger partial charge in [-0.3, -0.25) is 4.79 Å². The molecule has 0 aliphatic carbocycles. The fraction of sp³-hybridized carbons (Fsp3) is 0.316. The Morgan fingerprint density at radius 1 is 1.21 bits per heavy atom. The third kappa shape index (κ3) is 3.92. The highest BCUT2D eigenvalue weighted by atomic mass is 19.1. The Bertz CT molecular complexity index is 686. The van der Waals surface area contributed by atoms with Crippen LogP contribution in [0.4, 0.5) is 4.39 Å². The lowest BCUT2D eigenvalue weighted by Crippen LogP contribution is -2.44. The van der Waals surface area contributed by atoms with Gasteiger partial charge < -0.3 is 14.5 Å². The minimum absolute atomic E-state index is 0.181. The van der Waals surface area contributed by atoms with E-state index in [9.17, 15) is 9.18 Å². The van der Waals surface area contributed by atoms with Crippen molar-refractivity contribution in [3.8, 4) is 0 Å². The Morgan fingerprint density at radius 2 is 1.96 bits per heavy atom. The van der Waals surface area contributed by atoms with Gasteiger partial charge in [0.05, 0.1) is 6.26 Å². The zero-order valence-corrected chi connectivity index (χ0v) is 13.3. The van der Waals surface area contributed by atoms with Crippen molar-refractivity contribution in [1.82, 2.24) is 5.32 Å². The molecule has 2 aromatic rings. The monoisotopic (exact) mass is 329 g/mol. The van der Waals surface area contributed by atoms with E-state index >= 15 is 0 Å². The Kier molecular flexibility index (Phi) is 5.11. The van der Waals surface area contributed by atoms with E-state index in [1.54, 1.807) is 36.6 Å². The third-order valence-corrected chi connectivity index (χ3v) is 4.45. The van der Waals surface area contributed by atoms with Gasteiger partial charge in [0.15, 0.2) is 0 Å². The van der Waals surface area contributed by atoms with E-state index in [0.717, 1.165) is 18.4 Å². The summed E-state index contributed by atoms with van der Waals surface area (Å²) < 4.78 is 23.8. The molecule has 1 aromatic carbocycles. The van der Waals surface area contributed by atoms with Crippen LogP contribution in [0.1, 0.15) is 24.2 Å². The molecule has 126 valence electrons. The minimum atomic E-state index is -0.258. The van der Waals surface area contributed by atoms with Crippen molar-refractivity contribution in [3.63, 3.8) is 0 Å². The summed E-state index contributed by atoms with van der Waals surface area (Å²) in [7, 11) is 0. The molecule has 1 saturated heterocycles. The van der Waals surface area contributed by atoms with Gasteiger partial charge in [-0.25, -0.2) is 4.39 Å². The van der Waals surface area contributed by atoms with Gasteiger partial charge in [0.2, 0.25) is 5.91 Å². The lowest BCUT2D eigenvalue weighted by molar-refractivity contribution is -0.116. The van der Waals surface area contributed by atoms with Gasteiger partial charge in [0, 0.05) is 31.2 Å². The second-order valence-corrected chi connectivity index (χ2v) is 5.97. The van der Waals surface area contributed by atoms with Crippen LogP contribution in [-0.2, 0) is 14.9 Å². The molecule has 5 heteroatoms. The van der Waals surface area contributed by atoms with Crippen LogP contribution in [0.25, 0.3) is 6.08 Å². The van der Waals surface area contributed by atoms with Gasteiger partial charge >= 0.3 is 0 Å². The number of furan rings is 1. The van der Waals surface area contributed by atoms with Crippen molar-refractivity contribution in [2.45, 2.75) is 18.3 Å². The van der Waals surface area contributed by atoms with E-state index in [0.29, 0.717) is 25.5 Å². The standard InChI is InChI=1S/C19H20FNO3/c20-16-5-3-15(4-6-16)19(9-12-23-13-10-19)14-21-18(22)8-7-17-2-1-11-24-17/h1-8,11H,9-10,12-14H2,(H,21,22). The maximum Gasteiger partial charge on any atom is 0.244 e. The van der Waals surface area contributed by atoms with Crippen LogP contribution in [0, 0.1) is 5.82 Å².